The van der Waals surface area contributed by atoms with Gasteiger partial charge in [0.1, 0.15) is 0 Å². The van der Waals surface area contributed by atoms with Gasteiger partial charge in [0, 0.05) is 53.6 Å². The lowest BCUT2D eigenvalue weighted by Gasteiger charge is -2.22. The smallest absolute Gasteiger partial charge is 0.171 e. The Hall–Kier alpha value is -4.16. The van der Waals surface area contributed by atoms with Crippen molar-refractivity contribution in [2.75, 3.05) is 0 Å². The number of hydrogen-bond donors (Lipinski definition) is 1. The van der Waals surface area contributed by atoms with Crippen molar-refractivity contribution >= 4 is 62.6 Å². The monoisotopic (exact) mass is 569 g/mol. The molecule has 7 rings (SSSR count). The molecule has 5 heteroatoms. The van der Waals surface area contributed by atoms with E-state index in [0.717, 1.165) is 66.5 Å². The maximum Gasteiger partial charge on any atom is 0.171 e. The summed E-state index contributed by atoms with van der Waals surface area (Å²) in [7, 11) is -6.23. The standard InChI is InChI=1S/C36H29NO2P2/c38-40(27-13-5-1-6-14-27,28-15-7-2-8-16-28)31-21-23-35-33(25-31)34-26-32(22-24-36(34)37-35)41(39,29-17-9-3-10-18-29)30-19-11-4-12-20-30/h1-3,5-11,13-26,37H,4,12H2. The second kappa shape index (κ2) is 10.3. The van der Waals surface area contributed by atoms with Gasteiger partial charge < -0.3 is 14.1 Å². The summed E-state index contributed by atoms with van der Waals surface area (Å²) in [6.07, 6.45) is 8.12. The van der Waals surface area contributed by atoms with Gasteiger partial charge in [-0.2, -0.15) is 0 Å². The fourth-order valence-electron chi connectivity index (χ4n) is 5.91. The molecule has 0 amide bonds. The maximum absolute atomic E-state index is 15.1. The second-order valence-corrected chi connectivity index (χ2v) is 16.0. The number of rotatable bonds is 6. The minimum atomic E-state index is -3.14. The van der Waals surface area contributed by atoms with Gasteiger partial charge in [0.25, 0.3) is 0 Å². The third kappa shape index (κ3) is 4.29. The average molecular weight is 570 g/mol. The van der Waals surface area contributed by atoms with Crippen molar-refractivity contribution < 1.29 is 9.13 Å². The van der Waals surface area contributed by atoms with Gasteiger partial charge in [-0.05, 0) is 49.2 Å². The highest BCUT2D eigenvalue weighted by atomic mass is 31.2. The summed E-state index contributed by atoms with van der Waals surface area (Å²) in [5.74, 6) is 0. The van der Waals surface area contributed by atoms with E-state index >= 15 is 9.13 Å². The van der Waals surface area contributed by atoms with E-state index in [1.807, 2.05) is 121 Å². The van der Waals surface area contributed by atoms with Crippen molar-refractivity contribution in [3.63, 3.8) is 0 Å². The molecule has 1 heterocycles. The summed E-state index contributed by atoms with van der Waals surface area (Å²) in [4.78, 5) is 3.53. The van der Waals surface area contributed by atoms with Crippen LogP contribution in [0.5, 0.6) is 0 Å². The van der Waals surface area contributed by atoms with Crippen molar-refractivity contribution in [2.45, 2.75) is 12.8 Å². The number of nitrogens with one attached hydrogen (secondary N) is 1. The van der Waals surface area contributed by atoms with Crippen molar-refractivity contribution in [1.29, 1.82) is 0 Å². The van der Waals surface area contributed by atoms with Crippen LogP contribution in [0.15, 0.2) is 151 Å². The van der Waals surface area contributed by atoms with Crippen LogP contribution in [0.4, 0.5) is 0 Å². The Bertz CT molecular complexity index is 2000. The molecule has 1 N–H and O–H groups in total. The summed E-state index contributed by atoms with van der Waals surface area (Å²) < 4.78 is 30.2. The first kappa shape index (κ1) is 25.8. The molecule has 0 radical (unpaired) electrons. The largest absolute Gasteiger partial charge is 0.355 e. The zero-order valence-corrected chi connectivity index (χ0v) is 24.3. The van der Waals surface area contributed by atoms with E-state index < -0.39 is 14.3 Å². The molecule has 0 spiro atoms. The number of allylic oxidation sites excluding steroid dienone is 4. The lowest BCUT2D eigenvalue weighted by molar-refractivity contribution is 0.590. The Balaban J connectivity index is 1.46. The number of aromatic amines is 1. The molecule has 6 aromatic rings. The molecule has 0 bridgehead atoms. The fraction of sp³-hybridized carbons (Fsp3) is 0.0556. The quantitative estimate of drug-likeness (QED) is 0.211. The molecule has 1 aromatic heterocycles. The van der Waals surface area contributed by atoms with Gasteiger partial charge in [-0.15, -0.1) is 0 Å². The number of H-pyrrole nitrogens is 1. The van der Waals surface area contributed by atoms with Gasteiger partial charge in [-0.3, -0.25) is 0 Å². The van der Waals surface area contributed by atoms with Gasteiger partial charge in [-0.25, -0.2) is 0 Å². The molecular weight excluding hydrogens is 540 g/mol. The first-order valence-electron chi connectivity index (χ1n) is 13.9. The van der Waals surface area contributed by atoms with E-state index in [-0.39, 0.29) is 0 Å². The van der Waals surface area contributed by atoms with E-state index in [2.05, 4.69) is 29.3 Å². The van der Waals surface area contributed by atoms with Crippen LogP contribution < -0.4 is 26.5 Å². The molecule has 0 saturated heterocycles. The van der Waals surface area contributed by atoms with Crippen molar-refractivity contribution in [3.05, 3.63) is 151 Å². The van der Waals surface area contributed by atoms with Gasteiger partial charge in [-0.1, -0.05) is 109 Å². The van der Waals surface area contributed by atoms with Crippen molar-refractivity contribution in [1.82, 2.24) is 4.98 Å². The summed E-state index contributed by atoms with van der Waals surface area (Å²) in [6, 6.07) is 41.4. The van der Waals surface area contributed by atoms with Crippen molar-refractivity contribution in [2.24, 2.45) is 0 Å². The van der Waals surface area contributed by atoms with E-state index in [1.165, 1.54) is 0 Å². The van der Waals surface area contributed by atoms with Gasteiger partial charge >= 0.3 is 0 Å². The summed E-state index contributed by atoms with van der Waals surface area (Å²) in [5, 5.41) is 6.84. The van der Waals surface area contributed by atoms with Crippen LogP contribution in [-0.2, 0) is 9.13 Å². The SMILES string of the molecule is O=P(C1=CCCC=C1)(c1ccccc1)c1ccc2[nH]c3ccc(P(=O)(c4ccccc4)c4ccccc4)cc3c2c1. The highest BCUT2D eigenvalue weighted by Gasteiger charge is 2.32. The third-order valence-corrected chi connectivity index (χ3v) is 14.1. The fourth-order valence-corrected chi connectivity index (χ4v) is 11.4. The summed E-state index contributed by atoms with van der Waals surface area (Å²) in [5.41, 5.74) is 1.92. The number of aromatic nitrogens is 1. The van der Waals surface area contributed by atoms with Gasteiger partial charge in [0.2, 0.25) is 0 Å². The normalized spacial score (nSPS) is 15.1. The zero-order valence-electron chi connectivity index (χ0n) is 22.5. The molecule has 1 aliphatic carbocycles. The molecule has 0 saturated carbocycles. The van der Waals surface area contributed by atoms with E-state index in [1.54, 1.807) is 0 Å². The van der Waals surface area contributed by atoms with Crippen LogP contribution >= 0.6 is 14.3 Å². The molecule has 3 nitrogen and oxygen atoms in total. The maximum atomic E-state index is 15.1. The van der Waals surface area contributed by atoms with Crippen LogP contribution in [0.1, 0.15) is 12.8 Å². The van der Waals surface area contributed by atoms with E-state index in [4.69, 9.17) is 0 Å². The Morgan fingerprint density at radius 1 is 0.488 bits per heavy atom. The molecular formula is C36H29NO2P2. The van der Waals surface area contributed by atoms with E-state index in [9.17, 15) is 0 Å². The van der Waals surface area contributed by atoms with E-state index in [0.29, 0.717) is 0 Å². The highest BCUT2D eigenvalue weighted by Crippen LogP contribution is 2.54. The van der Waals surface area contributed by atoms with Gasteiger partial charge in [0.05, 0.1) is 0 Å². The molecule has 1 atom stereocenters. The number of hydrogen-bond acceptors (Lipinski definition) is 2. The summed E-state index contributed by atoms with van der Waals surface area (Å²) >= 11 is 0. The zero-order chi connectivity index (χ0) is 27.9. The average Bonchev–Trinajstić information content (AvgIpc) is 3.43. The Kier molecular flexibility index (Phi) is 6.51. The first-order chi connectivity index (χ1) is 20.1. The van der Waals surface area contributed by atoms with Gasteiger partial charge in [0.15, 0.2) is 14.3 Å². The first-order valence-corrected chi connectivity index (χ1v) is 17.3. The molecule has 0 aliphatic heterocycles. The summed E-state index contributed by atoms with van der Waals surface area (Å²) in [6.45, 7) is 0. The second-order valence-electron chi connectivity index (χ2n) is 10.4. The number of benzene rings is 5. The Morgan fingerprint density at radius 2 is 0.951 bits per heavy atom. The number of fused-ring (bicyclic) bond motifs is 3. The predicted molar refractivity (Wildman–Crippen MR) is 175 cm³/mol. The highest BCUT2D eigenvalue weighted by molar-refractivity contribution is 7.85. The topological polar surface area (TPSA) is 49.9 Å². The van der Waals surface area contributed by atoms with Crippen molar-refractivity contribution in [3.8, 4) is 0 Å². The van der Waals surface area contributed by atoms with Crippen LogP contribution in [0.3, 0.4) is 0 Å². The van der Waals surface area contributed by atoms with Crippen LogP contribution in [0.25, 0.3) is 21.8 Å². The molecule has 200 valence electrons. The lowest BCUT2D eigenvalue weighted by Crippen LogP contribution is -2.24. The molecule has 5 aromatic carbocycles. The third-order valence-electron chi connectivity index (χ3n) is 7.99. The molecule has 41 heavy (non-hydrogen) atoms. The molecule has 1 aliphatic rings. The van der Waals surface area contributed by atoms with Crippen LogP contribution in [-0.4, -0.2) is 4.98 Å². The Labute approximate surface area is 240 Å². The lowest BCUT2D eigenvalue weighted by atomic mass is 10.1. The minimum absolute atomic E-state index is 0.776. The minimum Gasteiger partial charge on any atom is -0.355 e. The molecule has 0 fully saturated rings. The Morgan fingerprint density at radius 3 is 1.41 bits per heavy atom. The van der Waals surface area contributed by atoms with Crippen LogP contribution in [0.2, 0.25) is 0 Å². The molecule has 1 unspecified atom stereocenters. The predicted octanol–water partition coefficient (Wildman–Crippen LogP) is 7.51. The van der Waals surface area contributed by atoms with Crippen LogP contribution in [0, 0.1) is 0 Å².